The number of pyridine rings is 1. The summed E-state index contributed by atoms with van der Waals surface area (Å²) in [5, 5.41) is 19.0. The lowest BCUT2D eigenvalue weighted by Crippen LogP contribution is -2.40. The van der Waals surface area contributed by atoms with E-state index >= 15 is 0 Å². The van der Waals surface area contributed by atoms with Crippen LogP contribution in [0.4, 0.5) is 14.6 Å². The van der Waals surface area contributed by atoms with Crippen molar-refractivity contribution in [2.24, 2.45) is 5.92 Å². The van der Waals surface area contributed by atoms with Crippen molar-refractivity contribution in [2.45, 2.75) is 51.2 Å². The molecular formula is C25H29F2N5O2. The molecule has 7 nitrogen and oxygen atoms in total. The Labute approximate surface area is 197 Å². The number of alkyl halides is 1. The second-order valence-electron chi connectivity index (χ2n) is 8.71. The molecule has 0 saturated heterocycles. The predicted octanol–water partition coefficient (Wildman–Crippen LogP) is 5.20. The van der Waals surface area contributed by atoms with Gasteiger partial charge in [-0.25, -0.2) is 18.7 Å². The van der Waals surface area contributed by atoms with Crippen LogP contribution in [0, 0.1) is 11.7 Å². The summed E-state index contributed by atoms with van der Waals surface area (Å²) in [6, 6.07) is 5.88. The average Bonchev–Trinajstić information content (AvgIpc) is 3.05. The molecule has 180 valence electrons. The lowest BCUT2D eigenvalue weighted by Gasteiger charge is -2.31. The molecule has 1 fully saturated rings. The highest BCUT2D eigenvalue weighted by Crippen LogP contribution is 2.34. The van der Waals surface area contributed by atoms with Gasteiger partial charge in [-0.1, -0.05) is 32.3 Å². The van der Waals surface area contributed by atoms with Gasteiger partial charge in [-0.3, -0.25) is 0 Å². The quantitative estimate of drug-likeness (QED) is 0.497. The molecule has 1 aliphatic rings. The van der Waals surface area contributed by atoms with E-state index in [0.717, 1.165) is 31.9 Å². The number of benzene rings is 1. The highest BCUT2D eigenvalue weighted by Gasteiger charge is 2.31. The van der Waals surface area contributed by atoms with Crippen molar-refractivity contribution in [3.05, 3.63) is 42.5 Å². The number of nitrogens with zero attached hydrogens (tertiary/aromatic N) is 5. The summed E-state index contributed by atoms with van der Waals surface area (Å²) >= 11 is 0. The van der Waals surface area contributed by atoms with Crippen LogP contribution in [0.25, 0.3) is 22.5 Å². The molecule has 1 N–H and O–H groups in total. The topological polar surface area (TPSA) is 84.3 Å². The maximum Gasteiger partial charge on any atom is 0.213 e. The molecule has 0 bridgehead atoms. The number of phenols is 1. The van der Waals surface area contributed by atoms with Crippen molar-refractivity contribution in [3.8, 4) is 34.1 Å². The monoisotopic (exact) mass is 469 g/mol. The van der Waals surface area contributed by atoms with Crippen molar-refractivity contribution in [2.75, 3.05) is 19.1 Å². The lowest BCUT2D eigenvalue weighted by molar-refractivity contribution is 0.253. The molecule has 34 heavy (non-hydrogen) atoms. The zero-order valence-electron chi connectivity index (χ0n) is 19.6. The van der Waals surface area contributed by atoms with Crippen molar-refractivity contribution < 1.29 is 18.6 Å². The minimum atomic E-state index is -0.924. The summed E-state index contributed by atoms with van der Waals surface area (Å²) in [5.41, 5.74) is 1.06. The van der Waals surface area contributed by atoms with Gasteiger partial charge in [0.05, 0.1) is 31.1 Å². The largest absolute Gasteiger partial charge is 0.507 e. The van der Waals surface area contributed by atoms with E-state index in [4.69, 9.17) is 4.74 Å². The van der Waals surface area contributed by atoms with Crippen LogP contribution in [0.2, 0.25) is 0 Å². The first kappa shape index (κ1) is 23.8. The Morgan fingerprint density at radius 1 is 1.12 bits per heavy atom. The second-order valence-corrected chi connectivity index (χ2v) is 8.71. The first-order valence-electron chi connectivity index (χ1n) is 11.5. The molecule has 0 unspecified atom stereocenters. The number of halogens is 2. The number of aromatic nitrogens is 4. The molecule has 0 amide bonds. The fourth-order valence-electron chi connectivity index (χ4n) is 4.54. The van der Waals surface area contributed by atoms with Gasteiger partial charge in [0.2, 0.25) is 5.88 Å². The zero-order valence-corrected chi connectivity index (χ0v) is 19.6. The number of hydrogen-bond acceptors (Lipinski definition) is 7. The minimum absolute atomic E-state index is 0.117. The molecule has 1 aliphatic carbocycles. The highest BCUT2D eigenvalue weighted by atomic mass is 19.1. The first-order valence-corrected chi connectivity index (χ1v) is 11.5. The first-order chi connectivity index (χ1) is 16.4. The van der Waals surface area contributed by atoms with Crippen molar-refractivity contribution in [1.29, 1.82) is 0 Å². The molecule has 0 spiro atoms. The Morgan fingerprint density at radius 2 is 1.94 bits per heavy atom. The van der Waals surface area contributed by atoms with Crippen molar-refractivity contribution in [3.63, 3.8) is 0 Å². The predicted molar refractivity (Wildman–Crippen MR) is 126 cm³/mol. The lowest BCUT2D eigenvalue weighted by atomic mass is 9.94. The number of ether oxygens (including phenoxy) is 1. The Kier molecular flexibility index (Phi) is 7.19. The van der Waals surface area contributed by atoms with Crippen LogP contribution in [-0.4, -0.2) is 51.6 Å². The van der Waals surface area contributed by atoms with Crippen LogP contribution < -0.4 is 9.64 Å². The van der Waals surface area contributed by atoms with Crippen LogP contribution in [-0.2, 0) is 0 Å². The molecule has 0 radical (unpaired) electrons. The summed E-state index contributed by atoms with van der Waals surface area (Å²) in [4.78, 5) is 10.0. The third-order valence-corrected chi connectivity index (χ3v) is 6.66. The summed E-state index contributed by atoms with van der Waals surface area (Å²) in [6.45, 7) is 2.15. The fraction of sp³-hybridized carbons (Fsp3) is 0.440. The van der Waals surface area contributed by atoms with E-state index in [1.54, 1.807) is 18.3 Å². The van der Waals surface area contributed by atoms with Gasteiger partial charge >= 0.3 is 0 Å². The van der Waals surface area contributed by atoms with Crippen LogP contribution in [0.1, 0.15) is 39.0 Å². The van der Waals surface area contributed by atoms with Gasteiger partial charge in [0.1, 0.15) is 17.7 Å². The standard InChI is InChI=1S/C25H29F2N5O2/c1-4-15-6-5-7-19(26)21(10-15)32(2)23-14-29-25(31-30-23)17-9-8-16(11-22(17)33)18-12-24(34-3)28-13-20(18)27/h8-9,11-15,19,21,33H,4-7,10H2,1-3H3/t15-,19+,21-/m1/s1. The number of methoxy groups -OCH3 is 1. The van der Waals surface area contributed by atoms with Gasteiger partial charge in [0, 0.05) is 18.7 Å². The Morgan fingerprint density at radius 3 is 2.62 bits per heavy atom. The van der Waals surface area contributed by atoms with Crippen LogP contribution in [0.15, 0.2) is 36.7 Å². The van der Waals surface area contributed by atoms with E-state index in [1.807, 2.05) is 11.9 Å². The van der Waals surface area contributed by atoms with Crippen molar-refractivity contribution >= 4 is 5.82 Å². The van der Waals surface area contributed by atoms with Crippen LogP contribution in [0.3, 0.4) is 0 Å². The van der Waals surface area contributed by atoms with E-state index in [-0.39, 0.29) is 29.1 Å². The molecule has 2 aromatic heterocycles. The van der Waals surface area contributed by atoms with Gasteiger partial charge in [0.25, 0.3) is 0 Å². The molecule has 3 atom stereocenters. The number of phenolic OH excluding ortho intramolecular Hbond substituents is 1. The number of aromatic hydroxyl groups is 1. The second kappa shape index (κ2) is 10.3. The van der Waals surface area contributed by atoms with E-state index in [0.29, 0.717) is 29.3 Å². The Balaban J connectivity index is 1.56. The normalized spacial score (nSPS) is 20.6. The molecular weight excluding hydrogens is 440 g/mol. The molecule has 1 saturated carbocycles. The summed E-state index contributed by atoms with van der Waals surface area (Å²) in [7, 11) is 3.27. The Hall–Kier alpha value is -3.36. The van der Waals surface area contributed by atoms with Gasteiger partial charge in [-0.05, 0) is 36.5 Å². The van der Waals surface area contributed by atoms with Gasteiger partial charge in [0.15, 0.2) is 11.6 Å². The third kappa shape index (κ3) is 4.93. The zero-order chi connectivity index (χ0) is 24.2. The summed E-state index contributed by atoms with van der Waals surface area (Å²) < 4.78 is 34.1. The number of rotatable bonds is 6. The van der Waals surface area contributed by atoms with Crippen LogP contribution in [0.5, 0.6) is 11.6 Å². The van der Waals surface area contributed by atoms with Gasteiger partial charge in [-0.2, -0.15) is 0 Å². The smallest absolute Gasteiger partial charge is 0.213 e. The molecule has 9 heteroatoms. The number of anilines is 1. The maximum absolute atomic E-state index is 14.8. The summed E-state index contributed by atoms with van der Waals surface area (Å²) in [6.07, 6.45) is 6.00. The van der Waals surface area contributed by atoms with Crippen molar-refractivity contribution in [1.82, 2.24) is 20.2 Å². The van der Waals surface area contributed by atoms with E-state index in [9.17, 15) is 13.9 Å². The fourth-order valence-corrected chi connectivity index (χ4v) is 4.54. The maximum atomic E-state index is 14.8. The van der Waals surface area contributed by atoms with Crippen LogP contribution >= 0.6 is 0 Å². The van der Waals surface area contributed by atoms with Gasteiger partial charge in [-0.15, -0.1) is 10.2 Å². The van der Waals surface area contributed by atoms with E-state index in [1.165, 1.54) is 19.2 Å². The third-order valence-electron chi connectivity index (χ3n) is 6.66. The molecule has 1 aromatic carbocycles. The van der Waals surface area contributed by atoms with E-state index < -0.39 is 12.0 Å². The molecule has 4 rings (SSSR count). The summed E-state index contributed by atoms with van der Waals surface area (Å²) in [5.74, 6) is 0.811. The minimum Gasteiger partial charge on any atom is -0.507 e. The molecule has 3 aromatic rings. The highest BCUT2D eigenvalue weighted by molar-refractivity contribution is 5.73. The molecule has 2 heterocycles. The average molecular weight is 470 g/mol. The Bertz CT molecular complexity index is 1130. The SMILES string of the molecule is CC[C@@H]1CCC[C@H](F)[C@H](N(C)c2cnc(-c3ccc(-c4cc(OC)ncc4F)cc3O)nn2)C1. The number of hydrogen-bond donors (Lipinski definition) is 1. The van der Waals surface area contributed by atoms with Gasteiger partial charge < -0.3 is 14.7 Å². The molecule has 0 aliphatic heterocycles. The van der Waals surface area contributed by atoms with E-state index in [2.05, 4.69) is 27.1 Å².